The highest BCUT2D eigenvalue weighted by molar-refractivity contribution is 6.30. The van der Waals surface area contributed by atoms with Crippen molar-refractivity contribution >= 4 is 17.5 Å². The lowest BCUT2D eigenvalue weighted by Gasteiger charge is -2.23. The first-order valence-corrected chi connectivity index (χ1v) is 7.45. The molecule has 0 aliphatic rings. The lowest BCUT2D eigenvalue weighted by Crippen LogP contribution is -2.33. The molecule has 2 aromatic rings. The Kier molecular flexibility index (Phi) is 5.34. The fourth-order valence-electron chi connectivity index (χ4n) is 2.15. The molecule has 0 saturated heterocycles. The van der Waals surface area contributed by atoms with Crippen molar-refractivity contribution in [2.75, 3.05) is 6.54 Å². The van der Waals surface area contributed by atoms with E-state index in [0.717, 1.165) is 17.0 Å². The van der Waals surface area contributed by atoms with E-state index in [0.29, 0.717) is 13.1 Å². The summed E-state index contributed by atoms with van der Waals surface area (Å²) >= 11 is 6.32. The Morgan fingerprint density at radius 2 is 1.90 bits per heavy atom. The van der Waals surface area contributed by atoms with Crippen LogP contribution in [0.25, 0.3) is 0 Å². The number of alkyl halides is 1. The van der Waals surface area contributed by atoms with Crippen LogP contribution in [0.15, 0.2) is 48.5 Å². The highest BCUT2D eigenvalue weighted by atomic mass is 35.5. The molecule has 4 heteroatoms. The molecular formula is C17H19ClN2O. The first-order chi connectivity index (χ1) is 10.1. The summed E-state index contributed by atoms with van der Waals surface area (Å²) in [6.45, 7) is 4.97. The highest BCUT2D eigenvalue weighted by Crippen LogP contribution is 2.23. The summed E-state index contributed by atoms with van der Waals surface area (Å²) in [5.41, 5.74) is 2.64. The topological polar surface area (TPSA) is 33.2 Å². The van der Waals surface area contributed by atoms with E-state index in [9.17, 15) is 4.79 Å². The number of aryl methyl sites for hydroxylation is 1. The van der Waals surface area contributed by atoms with E-state index in [1.54, 1.807) is 4.90 Å². The van der Waals surface area contributed by atoms with Crippen molar-refractivity contribution in [1.82, 2.24) is 9.88 Å². The van der Waals surface area contributed by atoms with Crippen molar-refractivity contribution in [2.45, 2.75) is 25.8 Å². The van der Waals surface area contributed by atoms with Gasteiger partial charge in [0, 0.05) is 12.2 Å². The smallest absolute Gasteiger partial charge is 0.245 e. The molecule has 0 saturated carbocycles. The molecule has 21 heavy (non-hydrogen) atoms. The minimum atomic E-state index is -0.657. The molecule has 0 bridgehead atoms. The van der Waals surface area contributed by atoms with Crippen LogP contribution >= 0.6 is 11.6 Å². The van der Waals surface area contributed by atoms with E-state index < -0.39 is 5.38 Å². The second-order valence-electron chi connectivity index (χ2n) is 4.90. The van der Waals surface area contributed by atoms with E-state index in [-0.39, 0.29) is 5.91 Å². The molecule has 0 aliphatic carbocycles. The third-order valence-corrected chi connectivity index (χ3v) is 3.74. The molecule has 1 unspecified atom stereocenters. The Morgan fingerprint density at radius 3 is 2.52 bits per heavy atom. The maximum absolute atomic E-state index is 12.5. The molecule has 0 N–H and O–H groups in total. The van der Waals surface area contributed by atoms with Crippen molar-refractivity contribution in [1.29, 1.82) is 0 Å². The van der Waals surface area contributed by atoms with Crippen LogP contribution in [-0.4, -0.2) is 22.3 Å². The number of hydrogen-bond acceptors (Lipinski definition) is 2. The van der Waals surface area contributed by atoms with Gasteiger partial charge in [0.1, 0.15) is 5.38 Å². The summed E-state index contributed by atoms with van der Waals surface area (Å²) in [6.07, 6.45) is 0. The van der Waals surface area contributed by atoms with Gasteiger partial charge in [-0.25, -0.2) is 0 Å². The number of carbonyl (C=O) groups is 1. The zero-order chi connectivity index (χ0) is 15.2. The largest absolute Gasteiger partial charge is 0.335 e. The second-order valence-corrected chi connectivity index (χ2v) is 5.33. The van der Waals surface area contributed by atoms with Gasteiger partial charge in [-0.05, 0) is 31.5 Å². The van der Waals surface area contributed by atoms with Crippen molar-refractivity contribution in [3.05, 3.63) is 65.5 Å². The molecule has 3 nitrogen and oxygen atoms in total. The first-order valence-electron chi connectivity index (χ1n) is 7.02. The van der Waals surface area contributed by atoms with E-state index in [1.165, 1.54) is 0 Å². The third kappa shape index (κ3) is 4.05. The maximum Gasteiger partial charge on any atom is 0.245 e. The molecule has 2 rings (SSSR count). The lowest BCUT2D eigenvalue weighted by molar-refractivity contribution is -0.131. The molecule has 0 radical (unpaired) electrons. The normalized spacial score (nSPS) is 12.0. The fraction of sp³-hybridized carbons (Fsp3) is 0.294. The lowest BCUT2D eigenvalue weighted by atomic mass is 10.1. The van der Waals surface area contributed by atoms with Gasteiger partial charge >= 0.3 is 0 Å². The molecular weight excluding hydrogens is 284 g/mol. The van der Waals surface area contributed by atoms with Gasteiger partial charge in [0.2, 0.25) is 5.91 Å². The van der Waals surface area contributed by atoms with Crippen LogP contribution in [0, 0.1) is 6.92 Å². The molecule has 110 valence electrons. The van der Waals surface area contributed by atoms with Gasteiger partial charge in [-0.2, -0.15) is 0 Å². The van der Waals surface area contributed by atoms with Crippen molar-refractivity contribution in [3.63, 3.8) is 0 Å². The second kappa shape index (κ2) is 7.23. The van der Waals surface area contributed by atoms with Crippen LogP contribution in [0.4, 0.5) is 0 Å². The molecule has 0 spiro atoms. The van der Waals surface area contributed by atoms with Crippen LogP contribution in [0.3, 0.4) is 0 Å². The summed E-state index contributed by atoms with van der Waals surface area (Å²) in [5.74, 6) is -0.0892. The van der Waals surface area contributed by atoms with E-state index >= 15 is 0 Å². The van der Waals surface area contributed by atoms with Crippen LogP contribution in [-0.2, 0) is 11.3 Å². The monoisotopic (exact) mass is 302 g/mol. The van der Waals surface area contributed by atoms with Gasteiger partial charge in [-0.15, -0.1) is 11.6 Å². The van der Waals surface area contributed by atoms with E-state index in [1.807, 2.05) is 62.4 Å². The maximum atomic E-state index is 12.5. The van der Waals surface area contributed by atoms with Gasteiger partial charge in [0.25, 0.3) is 0 Å². The van der Waals surface area contributed by atoms with Crippen LogP contribution < -0.4 is 0 Å². The summed E-state index contributed by atoms with van der Waals surface area (Å²) < 4.78 is 0. The summed E-state index contributed by atoms with van der Waals surface area (Å²) in [4.78, 5) is 18.7. The zero-order valence-electron chi connectivity index (χ0n) is 12.3. The standard InChI is InChI=1S/C17H19ClN2O/c1-3-20(12-15-11-7-8-13(2)19-15)17(21)16(18)14-9-5-4-6-10-14/h4-11,16H,3,12H2,1-2H3. The number of rotatable bonds is 5. The van der Waals surface area contributed by atoms with Crippen molar-refractivity contribution < 1.29 is 4.79 Å². The molecule has 1 heterocycles. The third-order valence-electron chi connectivity index (χ3n) is 3.30. The minimum absolute atomic E-state index is 0.0892. The molecule has 1 aromatic carbocycles. The number of amides is 1. The van der Waals surface area contributed by atoms with Crippen LogP contribution in [0.5, 0.6) is 0 Å². The summed E-state index contributed by atoms with van der Waals surface area (Å²) in [7, 11) is 0. The highest BCUT2D eigenvalue weighted by Gasteiger charge is 2.23. The van der Waals surface area contributed by atoms with Gasteiger partial charge in [-0.3, -0.25) is 9.78 Å². The van der Waals surface area contributed by atoms with E-state index in [4.69, 9.17) is 11.6 Å². The van der Waals surface area contributed by atoms with Gasteiger partial charge < -0.3 is 4.90 Å². The average molecular weight is 303 g/mol. The number of carbonyl (C=O) groups excluding carboxylic acids is 1. The minimum Gasteiger partial charge on any atom is -0.335 e. The SMILES string of the molecule is CCN(Cc1cccc(C)n1)C(=O)C(Cl)c1ccccc1. The molecule has 0 fully saturated rings. The number of likely N-dealkylation sites (N-methyl/N-ethyl adjacent to an activating group) is 1. The van der Waals surface area contributed by atoms with Gasteiger partial charge in [0.15, 0.2) is 0 Å². The molecule has 1 amide bonds. The van der Waals surface area contributed by atoms with Crippen molar-refractivity contribution in [3.8, 4) is 0 Å². The number of nitrogens with zero attached hydrogens (tertiary/aromatic N) is 2. The molecule has 1 aromatic heterocycles. The Morgan fingerprint density at radius 1 is 1.19 bits per heavy atom. The summed E-state index contributed by atoms with van der Waals surface area (Å²) in [5, 5.41) is -0.657. The number of aromatic nitrogens is 1. The number of benzene rings is 1. The first kappa shape index (κ1) is 15.5. The fourth-order valence-corrected chi connectivity index (χ4v) is 2.44. The Labute approximate surface area is 130 Å². The number of pyridine rings is 1. The molecule has 0 aliphatic heterocycles. The number of hydrogen-bond donors (Lipinski definition) is 0. The summed E-state index contributed by atoms with van der Waals surface area (Å²) in [6, 6.07) is 15.2. The Hall–Kier alpha value is -1.87. The van der Waals surface area contributed by atoms with E-state index in [2.05, 4.69) is 4.98 Å². The Balaban J connectivity index is 2.12. The van der Waals surface area contributed by atoms with Crippen LogP contribution in [0.2, 0.25) is 0 Å². The van der Waals surface area contributed by atoms with Gasteiger partial charge in [0.05, 0.1) is 12.2 Å². The molecule has 1 atom stereocenters. The quantitative estimate of drug-likeness (QED) is 0.789. The Bertz CT molecular complexity index is 601. The van der Waals surface area contributed by atoms with Crippen LogP contribution in [0.1, 0.15) is 29.3 Å². The average Bonchev–Trinajstić information content (AvgIpc) is 2.52. The predicted octanol–water partition coefficient (Wildman–Crippen LogP) is 3.72. The van der Waals surface area contributed by atoms with Crippen molar-refractivity contribution in [2.24, 2.45) is 0 Å². The predicted molar refractivity (Wildman–Crippen MR) is 85.1 cm³/mol. The van der Waals surface area contributed by atoms with Gasteiger partial charge in [-0.1, -0.05) is 36.4 Å². The number of halogens is 1. The zero-order valence-corrected chi connectivity index (χ0v) is 13.0.